The van der Waals surface area contributed by atoms with Crippen LogP contribution in [0.5, 0.6) is 0 Å². The summed E-state index contributed by atoms with van der Waals surface area (Å²) in [6.07, 6.45) is 68.8. The third-order valence-corrected chi connectivity index (χ3v) is 13.9. The molecule has 0 bridgehead atoms. The summed E-state index contributed by atoms with van der Waals surface area (Å²) in [5.41, 5.74) is 0. The highest BCUT2D eigenvalue weighted by Crippen LogP contribution is 2.17. The fourth-order valence-corrected chi connectivity index (χ4v) is 9.26. The number of ether oxygens (including phenoxy) is 3. The van der Waals surface area contributed by atoms with Crippen molar-refractivity contribution in [1.29, 1.82) is 0 Å². The number of hydrogen-bond acceptors (Lipinski definition) is 6. The molecule has 0 saturated carbocycles. The number of hydrogen-bond donors (Lipinski definition) is 0. The van der Waals surface area contributed by atoms with E-state index in [2.05, 4.69) is 45.1 Å². The summed E-state index contributed by atoms with van der Waals surface area (Å²) >= 11 is 0. The molecule has 6 nitrogen and oxygen atoms in total. The van der Waals surface area contributed by atoms with Crippen molar-refractivity contribution in [1.82, 2.24) is 0 Å². The Hall–Kier alpha value is -2.11. The second-order valence-electron chi connectivity index (χ2n) is 21.0. The van der Waals surface area contributed by atoms with Crippen molar-refractivity contribution in [3.63, 3.8) is 0 Å². The molecule has 1 atom stereocenters. The Balaban J connectivity index is 4.33. The summed E-state index contributed by atoms with van der Waals surface area (Å²) in [6, 6.07) is 0. The van der Waals surface area contributed by atoms with E-state index in [1.165, 1.54) is 238 Å². The van der Waals surface area contributed by atoms with Gasteiger partial charge in [-0.25, -0.2) is 0 Å². The van der Waals surface area contributed by atoms with Crippen LogP contribution in [0.1, 0.15) is 342 Å². The van der Waals surface area contributed by atoms with E-state index >= 15 is 0 Å². The van der Waals surface area contributed by atoms with Crippen molar-refractivity contribution in [3.05, 3.63) is 24.3 Å². The highest BCUT2D eigenvalue weighted by molar-refractivity contribution is 5.71. The van der Waals surface area contributed by atoms with Gasteiger partial charge in [0.15, 0.2) is 6.10 Å². The molecular weight excluding hydrogens is 853 g/mol. The minimum atomic E-state index is -0.773. The minimum absolute atomic E-state index is 0.0703. The fraction of sp³-hybridized carbons (Fsp3) is 0.889. The van der Waals surface area contributed by atoms with Crippen LogP contribution in [0.2, 0.25) is 0 Å². The highest BCUT2D eigenvalue weighted by Gasteiger charge is 2.19. The molecule has 6 heteroatoms. The van der Waals surface area contributed by atoms with Gasteiger partial charge in [0.1, 0.15) is 13.2 Å². The van der Waals surface area contributed by atoms with E-state index in [4.69, 9.17) is 14.2 Å². The van der Waals surface area contributed by atoms with E-state index in [1.807, 2.05) is 0 Å². The smallest absolute Gasteiger partial charge is 0.306 e. The molecule has 0 spiro atoms. The Morgan fingerprint density at radius 3 is 0.725 bits per heavy atom. The molecule has 0 aromatic rings. The van der Waals surface area contributed by atoms with E-state index in [0.29, 0.717) is 19.3 Å². The Labute approximate surface area is 430 Å². The first-order valence-electron chi connectivity index (χ1n) is 30.8. The van der Waals surface area contributed by atoms with Crippen molar-refractivity contribution >= 4 is 17.9 Å². The van der Waals surface area contributed by atoms with E-state index < -0.39 is 6.10 Å². The average molecular weight is 972 g/mol. The molecule has 0 aliphatic carbocycles. The van der Waals surface area contributed by atoms with Crippen LogP contribution in [0.4, 0.5) is 0 Å². The minimum Gasteiger partial charge on any atom is -0.462 e. The highest BCUT2D eigenvalue weighted by atomic mass is 16.6. The van der Waals surface area contributed by atoms with E-state index in [1.54, 1.807) is 0 Å². The summed E-state index contributed by atoms with van der Waals surface area (Å²) in [5.74, 6) is -0.857. The lowest BCUT2D eigenvalue weighted by molar-refractivity contribution is -0.167. The molecule has 0 saturated heterocycles. The van der Waals surface area contributed by atoms with Gasteiger partial charge in [-0.3, -0.25) is 14.4 Å². The van der Waals surface area contributed by atoms with Crippen LogP contribution in [0.3, 0.4) is 0 Å². The van der Waals surface area contributed by atoms with E-state index in [9.17, 15) is 14.4 Å². The van der Waals surface area contributed by atoms with Crippen molar-refractivity contribution in [2.24, 2.45) is 0 Å². The standard InChI is InChI=1S/C63H118O6/c1-4-7-10-13-16-19-22-25-28-31-32-33-36-38-41-44-47-50-53-56-62(65)68-59-60(69-63(66)57-54-51-48-45-42-39-35-30-27-24-21-18-15-12-9-6-3)58-67-61(64)55-52-49-46-43-40-37-34-29-26-23-20-17-14-11-8-5-2/h25,28,30,35,60H,4-24,26-27,29,31-34,36-59H2,1-3H3/b28-25-,35-30-. The lowest BCUT2D eigenvalue weighted by atomic mass is 10.0. The molecule has 0 aromatic carbocycles. The zero-order valence-electron chi connectivity index (χ0n) is 46.6. The Morgan fingerprint density at radius 1 is 0.275 bits per heavy atom. The van der Waals surface area contributed by atoms with Crippen molar-refractivity contribution in [2.45, 2.75) is 348 Å². The maximum atomic E-state index is 12.9. The maximum absolute atomic E-state index is 12.9. The van der Waals surface area contributed by atoms with E-state index in [0.717, 1.165) is 64.2 Å². The molecule has 406 valence electrons. The zero-order valence-corrected chi connectivity index (χ0v) is 46.6. The fourth-order valence-electron chi connectivity index (χ4n) is 9.26. The van der Waals surface area contributed by atoms with Crippen LogP contribution >= 0.6 is 0 Å². The van der Waals surface area contributed by atoms with Gasteiger partial charge in [0, 0.05) is 19.3 Å². The summed E-state index contributed by atoms with van der Waals surface area (Å²) in [5, 5.41) is 0. The molecule has 0 amide bonds. The average Bonchev–Trinajstić information content (AvgIpc) is 3.35. The van der Waals surface area contributed by atoms with Crippen LogP contribution in [0.25, 0.3) is 0 Å². The summed E-state index contributed by atoms with van der Waals surface area (Å²) in [7, 11) is 0. The van der Waals surface area contributed by atoms with Crippen LogP contribution in [0.15, 0.2) is 24.3 Å². The quantitative estimate of drug-likeness (QED) is 0.0261. The topological polar surface area (TPSA) is 78.9 Å². The number of carbonyl (C=O) groups is 3. The lowest BCUT2D eigenvalue weighted by Gasteiger charge is -2.18. The summed E-state index contributed by atoms with van der Waals surface area (Å²) in [6.45, 7) is 6.68. The van der Waals surface area contributed by atoms with Gasteiger partial charge in [0.05, 0.1) is 0 Å². The van der Waals surface area contributed by atoms with Gasteiger partial charge in [0.25, 0.3) is 0 Å². The van der Waals surface area contributed by atoms with Crippen molar-refractivity contribution < 1.29 is 28.6 Å². The predicted molar refractivity (Wildman–Crippen MR) is 298 cm³/mol. The summed E-state index contributed by atoms with van der Waals surface area (Å²) < 4.78 is 16.9. The summed E-state index contributed by atoms with van der Waals surface area (Å²) in [4.78, 5) is 38.2. The van der Waals surface area contributed by atoms with Crippen LogP contribution < -0.4 is 0 Å². The molecular formula is C63H118O6. The van der Waals surface area contributed by atoms with Crippen LogP contribution in [-0.2, 0) is 28.6 Å². The molecule has 0 aromatic heterocycles. The van der Waals surface area contributed by atoms with Gasteiger partial charge in [-0.05, 0) is 70.6 Å². The largest absolute Gasteiger partial charge is 0.462 e. The molecule has 0 rings (SSSR count). The van der Waals surface area contributed by atoms with Crippen LogP contribution in [0, 0.1) is 0 Å². The number of unbranched alkanes of at least 4 members (excludes halogenated alkanes) is 42. The Morgan fingerprint density at radius 2 is 0.478 bits per heavy atom. The van der Waals surface area contributed by atoms with Gasteiger partial charge in [-0.15, -0.1) is 0 Å². The van der Waals surface area contributed by atoms with Gasteiger partial charge in [0.2, 0.25) is 0 Å². The first kappa shape index (κ1) is 66.9. The molecule has 69 heavy (non-hydrogen) atoms. The Bertz CT molecular complexity index is 1110. The number of carbonyl (C=O) groups excluding carboxylic acids is 3. The molecule has 0 aliphatic rings. The monoisotopic (exact) mass is 971 g/mol. The number of allylic oxidation sites excluding steroid dienone is 4. The van der Waals surface area contributed by atoms with E-state index in [-0.39, 0.29) is 31.1 Å². The van der Waals surface area contributed by atoms with Gasteiger partial charge in [-0.1, -0.05) is 276 Å². The van der Waals surface area contributed by atoms with Gasteiger partial charge >= 0.3 is 17.9 Å². The van der Waals surface area contributed by atoms with Crippen molar-refractivity contribution in [2.75, 3.05) is 13.2 Å². The van der Waals surface area contributed by atoms with Crippen LogP contribution in [-0.4, -0.2) is 37.2 Å². The normalized spacial score (nSPS) is 12.1. The third kappa shape index (κ3) is 56.7. The molecule has 0 aliphatic heterocycles. The van der Waals surface area contributed by atoms with Crippen molar-refractivity contribution in [3.8, 4) is 0 Å². The maximum Gasteiger partial charge on any atom is 0.306 e. The van der Waals surface area contributed by atoms with Gasteiger partial charge in [-0.2, -0.15) is 0 Å². The van der Waals surface area contributed by atoms with Gasteiger partial charge < -0.3 is 14.2 Å². The second kappa shape index (κ2) is 58.5. The SMILES string of the molecule is CCCCCCCC/C=C\CCCCCCCCCCCC(=O)OCC(COC(=O)CCCCCCCCCCCCCCCCCC)OC(=O)CCCCCCC/C=C\CCCCCCCCC. The lowest BCUT2D eigenvalue weighted by Crippen LogP contribution is -2.30. The molecule has 0 heterocycles. The zero-order chi connectivity index (χ0) is 50.0. The molecule has 0 N–H and O–H groups in total. The molecule has 1 unspecified atom stereocenters. The molecule has 0 fully saturated rings. The predicted octanol–water partition coefficient (Wildman–Crippen LogP) is 20.7. The second-order valence-corrected chi connectivity index (χ2v) is 21.0. The number of esters is 3. The molecule has 0 radical (unpaired) electrons. The Kier molecular flexibility index (Phi) is 56.7. The first-order valence-corrected chi connectivity index (χ1v) is 30.8. The first-order chi connectivity index (χ1) is 34.0. The third-order valence-electron chi connectivity index (χ3n) is 13.9. The number of rotatable bonds is 57.